The van der Waals surface area contributed by atoms with E-state index in [-0.39, 0.29) is 23.3 Å². The predicted molar refractivity (Wildman–Crippen MR) is 103 cm³/mol. The molecule has 1 fully saturated rings. The summed E-state index contributed by atoms with van der Waals surface area (Å²) in [7, 11) is 0. The first-order valence-electron chi connectivity index (χ1n) is 8.65. The Morgan fingerprint density at radius 2 is 2.23 bits per heavy atom. The number of carbonyl (C=O) groups is 1. The number of rotatable bonds is 5. The molecule has 0 atom stereocenters. The number of thiophene rings is 1. The molecule has 1 saturated carbocycles. The van der Waals surface area contributed by atoms with Crippen LogP contribution in [0.3, 0.4) is 0 Å². The normalized spacial score (nSPS) is 15.4. The zero-order valence-corrected chi connectivity index (χ0v) is 15.7. The summed E-state index contributed by atoms with van der Waals surface area (Å²) in [6.45, 7) is 0. The van der Waals surface area contributed by atoms with E-state index in [0.717, 1.165) is 23.4 Å². The van der Waals surface area contributed by atoms with Crippen molar-refractivity contribution in [3.8, 4) is 10.6 Å². The van der Waals surface area contributed by atoms with Crippen LogP contribution in [0.2, 0.25) is 0 Å². The number of fused-ring (bicyclic) bond motifs is 1. The average Bonchev–Trinajstić information content (AvgIpc) is 3.32. The molecular weight excluding hydrogens is 370 g/mol. The van der Waals surface area contributed by atoms with Gasteiger partial charge in [0.05, 0.1) is 10.6 Å². The van der Waals surface area contributed by atoms with Gasteiger partial charge < -0.3 is 5.32 Å². The second kappa shape index (κ2) is 7.63. The third-order valence-electron chi connectivity index (χ3n) is 4.45. The van der Waals surface area contributed by atoms with Crippen LogP contribution in [-0.2, 0) is 4.79 Å². The van der Waals surface area contributed by atoms with Crippen LogP contribution < -0.4 is 10.9 Å². The number of H-pyrrole nitrogens is 1. The van der Waals surface area contributed by atoms with Gasteiger partial charge in [-0.2, -0.15) is 5.10 Å². The number of aromatic amines is 1. The summed E-state index contributed by atoms with van der Waals surface area (Å²) in [5.41, 5.74) is 0.863. The van der Waals surface area contributed by atoms with Gasteiger partial charge in [0, 0.05) is 6.04 Å². The highest BCUT2D eigenvalue weighted by atomic mass is 32.2. The van der Waals surface area contributed by atoms with Crippen molar-refractivity contribution in [2.24, 2.45) is 0 Å². The standard InChI is InChI=1S/C17H19N5O2S2/c23-15(18-11-5-2-1-3-6-11)10-26-17-20-19-16(24)13-9-12(21-22(13)17)14-7-4-8-25-14/h4,7-9,11H,1-3,5-6,10H2,(H,18,23)(H,19,24). The van der Waals surface area contributed by atoms with Crippen LogP contribution in [0, 0.1) is 0 Å². The van der Waals surface area contributed by atoms with Gasteiger partial charge in [-0.3, -0.25) is 9.59 Å². The van der Waals surface area contributed by atoms with E-state index in [2.05, 4.69) is 20.6 Å². The fraction of sp³-hybridized carbons (Fsp3) is 0.412. The van der Waals surface area contributed by atoms with Crippen molar-refractivity contribution < 1.29 is 4.79 Å². The molecule has 0 bridgehead atoms. The van der Waals surface area contributed by atoms with Crippen molar-refractivity contribution in [3.63, 3.8) is 0 Å². The Morgan fingerprint density at radius 3 is 3.00 bits per heavy atom. The van der Waals surface area contributed by atoms with Gasteiger partial charge in [-0.15, -0.1) is 16.4 Å². The minimum atomic E-state index is -0.295. The van der Waals surface area contributed by atoms with Crippen LogP contribution in [0.1, 0.15) is 32.1 Å². The summed E-state index contributed by atoms with van der Waals surface area (Å²) in [4.78, 5) is 25.3. The van der Waals surface area contributed by atoms with E-state index >= 15 is 0 Å². The topological polar surface area (TPSA) is 92.2 Å². The Morgan fingerprint density at radius 1 is 1.38 bits per heavy atom. The second-order valence-corrected chi connectivity index (χ2v) is 8.22. The highest BCUT2D eigenvalue weighted by Crippen LogP contribution is 2.25. The van der Waals surface area contributed by atoms with E-state index in [0.29, 0.717) is 10.7 Å². The largest absolute Gasteiger partial charge is 0.353 e. The van der Waals surface area contributed by atoms with E-state index in [4.69, 9.17) is 0 Å². The molecule has 7 nitrogen and oxygen atoms in total. The Labute approximate surface area is 158 Å². The zero-order chi connectivity index (χ0) is 17.9. The molecule has 0 unspecified atom stereocenters. The number of thioether (sulfide) groups is 1. The van der Waals surface area contributed by atoms with Crippen molar-refractivity contribution in [1.82, 2.24) is 25.1 Å². The van der Waals surface area contributed by atoms with Crippen LogP contribution in [0.25, 0.3) is 16.1 Å². The van der Waals surface area contributed by atoms with E-state index in [9.17, 15) is 9.59 Å². The Kier molecular flexibility index (Phi) is 5.07. The number of hydrogen-bond acceptors (Lipinski definition) is 6. The Balaban J connectivity index is 1.50. The molecule has 2 N–H and O–H groups in total. The molecule has 136 valence electrons. The number of carbonyl (C=O) groups excluding carboxylic acids is 1. The SMILES string of the molecule is O=C(CSc1n[nH]c(=O)c2cc(-c3cccs3)nn12)NC1CCCCC1. The van der Waals surface area contributed by atoms with E-state index in [1.807, 2.05) is 17.5 Å². The maximum atomic E-state index is 12.2. The van der Waals surface area contributed by atoms with E-state index in [1.54, 1.807) is 17.4 Å². The minimum Gasteiger partial charge on any atom is -0.353 e. The first kappa shape index (κ1) is 17.3. The van der Waals surface area contributed by atoms with Crippen molar-refractivity contribution in [1.29, 1.82) is 0 Å². The molecule has 9 heteroatoms. The molecule has 3 heterocycles. The minimum absolute atomic E-state index is 0.00585. The molecule has 0 spiro atoms. The Hall–Kier alpha value is -2.13. The van der Waals surface area contributed by atoms with Gasteiger partial charge in [0.1, 0.15) is 11.2 Å². The molecular formula is C17H19N5O2S2. The molecule has 3 aromatic rings. The number of nitrogens with zero attached hydrogens (tertiary/aromatic N) is 3. The van der Waals surface area contributed by atoms with Gasteiger partial charge in [-0.25, -0.2) is 9.61 Å². The lowest BCUT2D eigenvalue weighted by atomic mass is 9.95. The molecule has 1 aliphatic carbocycles. The molecule has 3 aromatic heterocycles. The maximum Gasteiger partial charge on any atom is 0.290 e. The third kappa shape index (κ3) is 3.68. The fourth-order valence-corrected chi connectivity index (χ4v) is 4.57. The lowest BCUT2D eigenvalue weighted by Crippen LogP contribution is -2.37. The molecule has 1 aliphatic rings. The van der Waals surface area contributed by atoms with Gasteiger partial charge in [0.25, 0.3) is 5.56 Å². The zero-order valence-electron chi connectivity index (χ0n) is 14.1. The van der Waals surface area contributed by atoms with Crippen LogP contribution >= 0.6 is 23.1 Å². The van der Waals surface area contributed by atoms with Gasteiger partial charge >= 0.3 is 0 Å². The van der Waals surface area contributed by atoms with Crippen LogP contribution in [0.4, 0.5) is 0 Å². The lowest BCUT2D eigenvalue weighted by Gasteiger charge is -2.22. The summed E-state index contributed by atoms with van der Waals surface area (Å²) in [6.07, 6.45) is 5.73. The summed E-state index contributed by atoms with van der Waals surface area (Å²) in [5.74, 6) is 0.243. The summed E-state index contributed by atoms with van der Waals surface area (Å²) in [6, 6.07) is 5.94. The molecule has 0 radical (unpaired) electrons. The van der Waals surface area contributed by atoms with Crippen molar-refractivity contribution in [3.05, 3.63) is 33.9 Å². The highest BCUT2D eigenvalue weighted by molar-refractivity contribution is 7.99. The summed E-state index contributed by atoms with van der Waals surface area (Å²) >= 11 is 2.84. The van der Waals surface area contributed by atoms with Gasteiger partial charge in [-0.1, -0.05) is 37.1 Å². The van der Waals surface area contributed by atoms with E-state index < -0.39 is 0 Å². The lowest BCUT2D eigenvalue weighted by molar-refractivity contribution is -0.119. The third-order valence-corrected chi connectivity index (χ3v) is 6.27. The first-order chi connectivity index (χ1) is 12.7. The van der Waals surface area contributed by atoms with Crippen molar-refractivity contribution in [2.75, 3.05) is 5.75 Å². The Bertz CT molecular complexity index is 957. The molecule has 26 heavy (non-hydrogen) atoms. The number of amides is 1. The molecule has 4 rings (SSSR count). The van der Waals surface area contributed by atoms with Crippen molar-refractivity contribution in [2.45, 2.75) is 43.3 Å². The van der Waals surface area contributed by atoms with E-state index in [1.165, 1.54) is 35.5 Å². The fourth-order valence-electron chi connectivity index (χ4n) is 3.18. The summed E-state index contributed by atoms with van der Waals surface area (Å²) in [5, 5.41) is 16.6. The average molecular weight is 390 g/mol. The molecule has 0 aromatic carbocycles. The molecule has 1 amide bonds. The van der Waals surface area contributed by atoms with Gasteiger partial charge in [0.15, 0.2) is 0 Å². The molecule has 0 aliphatic heterocycles. The maximum absolute atomic E-state index is 12.2. The first-order valence-corrected chi connectivity index (χ1v) is 10.5. The number of nitrogens with one attached hydrogen (secondary N) is 2. The number of aromatic nitrogens is 4. The van der Waals surface area contributed by atoms with Gasteiger partial charge in [0.2, 0.25) is 11.1 Å². The predicted octanol–water partition coefficient (Wildman–Crippen LogP) is 2.69. The second-order valence-electron chi connectivity index (χ2n) is 6.33. The molecule has 0 saturated heterocycles. The number of hydrogen-bond donors (Lipinski definition) is 2. The smallest absolute Gasteiger partial charge is 0.290 e. The monoisotopic (exact) mass is 389 g/mol. The van der Waals surface area contributed by atoms with Crippen LogP contribution in [0.5, 0.6) is 0 Å². The van der Waals surface area contributed by atoms with Crippen LogP contribution in [0.15, 0.2) is 33.5 Å². The van der Waals surface area contributed by atoms with Crippen LogP contribution in [-0.4, -0.2) is 37.5 Å². The van der Waals surface area contributed by atoms with Crippen molar-refractivity contribution >= 4 is 34.5 Å². The highest BCUT2D eigenvalue weighted by Gasteiger charge is 2.17. The quantitative estimate of drug-likeness (QED) is 0.655. The summed E-state index contributed by atoms with van der Waals surface area (Å²) < 4.78 is 1.52. The van der Waals surface area contributed by atoms with Gasteiger partial charge in [-0.05, 0) is 30.4 Å².